The maximum atomic E-state index is 13.8. The number of rotatable bonds is 7. The summed E-state index contributed by atoms with van der Waals surface area (Å²) in [5.41, 5.74) is 3.43. The fourth-order valence-electron chi connectivity index (χ4n) is 4.34. The zero-order chi connectivity index (χ0) is 26.9. The molecule has 0 N–H and O–H groups in total. The predicted molar refractivity (Wildman–Crippen MR) is 148 cm³/mol. The Bertz CT molecular complexity index is 1550. The average molecular weight is 586 g/mol. The van der Waals surface area contributed by atoms with Crippen LogP contribution in [-0.2, 0) is 9.53 Å². The molecule has 0 saturated heterocycles. The van der Waals surface area contributed by atoms with Crippen molar-refractivity contribution in [3.8, 4) is 11.5 Å². The molecular weight excluding hydrogens is 556 g/mol. The van der Waals surface area contributed by atoms with E-state index in [1.165, 1.54) is 16.9 Å². The van der Waals surface area contributed by atoms with Crippen LogP contribution in [-0.4, -0.2) is 31.4 Å². The van der Waals surface area contributed by atoms with Crippen LogP contribution in [0.15, 0.2) is 61.9 Å². The molecule has 0 fully saturated rings. The molecule has 3 aromatic rings. The zero-order valence-electron chi connectivity index (χ0n) is 21.6. The van der Waals surface area contributed by atoms with Crippen molar-refractivity contribution in [1.29, 1.82) is 0 Å². The standard InChI is InChI=1S/C28H29BrN2O5S/c1-7-36-27(33)23-16(4)30-28-31(24(23)19-10-8-18(9-11-19)15(2)3)26(32)22(37-28)14-17-12-20(29)25(35-6)21(13-17)34-5/h8-15,24H,7H2,1-6H3/b22-14-/t24-/m1/s1. The number of benzene rings is 2. The van der Waals surface area contributed by atoms with Crippen LogP contribution in [0.5, 0.6) is 11.5 Å². The van der Waals surface area contributed by atoms with Crippen molar-refractivity contribution >= 4 is 39.3 Å². The van der Waals surface area contributed by atoms with E-state index in [9.17, 15) is 9.59 Å². The zero-order valence-corrected chi connectivity index (χ0v) is 24.0. The van der Waals surface area contributed by atoms with E-state index < -0.39 is 12.0 Å². The van der Waals surface area contributed by atoms with Crippen molar-refractivity contribution in [3.63, 3.8) is 0 Å². The second-order valence-corrected chi connectivity index (χ2v) is 10.7. The van der Waals surface area contributed by atoms with Crippen LogP contribution in [0.1, 0.15) is 56.3 Å². The van der Waals surface area contributed by atoms with Gasteiger partial charge in [0.05, 0.1) is 47.1 Å². The van der Waals surface area contributed by atoms with Crippen molar-refractivity contribution in [2.75, 3.05) is 20.8 Å². The second-order valence-electron chi connectivity index (χ2n) is 8.86. The number of aromatic nitrogens is 1. The summed E-state index contributed by atoms with van der Waals surface area (Å²) in [6, 6.07) is 11.0. The van der Waals surface area contributed by atoms with E-state index in [1.807, 2.05) is 30.3 Å². The van der Waals surface area contributed by atoms with Crippen LogP contribution >= 0.6 is 27.3 Å². The van der Waals surface area contributed by atoms with E-state index in [4.69, 9.17) is 14.2 Å². The summed E-state index contributed by atoms with van der Waals surface area (Å²) < 4.78 is 19.0. The molecule has 0 amide bonds. The third-order valence-electron chi connectivity index (χ3n) is 6.19. The minimum absolute atomic E-state index is 0.229. The number of allylic oxidation sites excluding steroid dienone is 1. The molecule has 4 rings (SSSR count). The highest BCUT2D eigenvalue weighted by Crippen LogP contribution is 2.36. The summed E-state index contributed by atoms with van der Waals surface area (Å²) in [5.74, 6) is 0.999. The van der Waals surface area contributed by atoms with Gasteiger partial charge in [0.1, 0.15) is 0 Å². The van der Waals surface area contributed by atoms with E-state index in [0.29, 0.717) is 42.5 Å². The summed E-state index contributed by atoms with van der Waals surface area (Å²) in [4.78, 5) is 32.0. The topological polar surface area (TPSA) is 79.1 Å². The van der Waals surface area contributed by atoms with E-state index in [2.05, 4.69) is 34.8 Å². The lowest BCUT2D eigenvalue weighted by molar-refractivity contribution is -0.139. The quantitative estimate of drug-likeness (QED) is 0.376. The van der Waals surface area contributed by atoms with Crippen molar-refractivity contribution in [2.24, 2.45) is 4.99 Å². The first-order valence-electron chi connectivity index (χ1n) is 11.9. The van der Waals surface area contributed by atoms with Gasteiger partial charge in [-0.3, -0.25) is 9.36 Å². The summed E-state index contributed by atoms with van der Waals surface area (Å²) in [5, 5.41) is 0. The van der Waals surface area contributed by atoms with Gasteiger partial charge < -0.3 is 14.2 Å². The van der Waals surface area contributed by atoms with Crippen LogP contribution < -0.4 is 24.4 Å². The van der Waals surface area contributed by atoms with Gasteiger partial charge in [0, 0.05) is 0 Å². The smallest absolute Gasteiger partial charge is 0.338 e. The highest BCUT2D eigenvalue weighted by Gasteiger charge is 2.33. The number of carbonyl (C=O) groups excluding carboxylic acids is 1. The van der Waals surface area contributed by atoms with Crippen molar-refractivity contribution in [2.45, 2.75) is 39.7 Å². The molecule has 2 heterocycles. The Morgan fingerprint density at radius 1 is 1.19 bits per heavy atom. The first-order chi connectivity index (χ1) is 17.7. The number of fused-ring (bicyclic) bond motifs is 1. The summed E-state index contributed by atoms with van der Waals surface area (Å²) in [6.45, 7) is 8.02. The minimum Gasteiger partial charge on any atom is -0.493 e. The number of hydrogen-bond donors (Lipinski definition) is 0. The monoisotopic (exact) mass is 584 g/mol. The number of thiazole rings is 1. The van der Waals surface area contributed by atoms with Gasteiger partial charge in [0.25, 0.3) is 5.56 Å². The molecule has 1 aliphatic heterocycles. The normalized spacial score (nSPS) is 15.5. The molecular formula is C28H29BrN2O5S. The molecule has 2 aromatic carbocycles. The van der Waals surface area contributed by atoms with Crippen molar-refractivity contribution in [3.05, 3.63) is 88.5 Å². The van der Waals surface area contributed by atoms with Crippen molar-refractivity contribution < 1.29 is 19.0 Å². The average Bonchev–Trinajstić information content (AvgIpc) is 3.17. The first kappa shape index (κ1) is 26.9. The molecule has 1 aliphatic rings. The Morgan fingerprint density at radius 3 is 2.49 bits per heavy atom. The second kappa shape index (κ2) is 11.1. The van der Waals surface area contributed by atoms with Crippen LogP contribution in [0.2, 0.25) is 0 Å². The lowest BCUT2D eigenvalue weighted by atomic mass is 9.93. The highest BCUT2D eigenvalue weighted by atomic mass is 79.9. The minimum atomic E-state index is -0.643. The van der Waals surface area contributed by atoms with Gasteiger partial charge in [-0.25, -0.2) is 9.79 Å². The Labute approximate surface area is 227 Å². The van der Waals surface area contributed by atoms with Crippen LogP contribution in [0.3, 0.4) is 0 Å². The molecule has 1 aromatic heterocycles. The molecule has 37 heavy (non-hydrogen) atoms. The summed E-state index contributed by atoms with van der Waals surface area (Å²) in [7, 11) is 3.13. The number of halogens is 1. The molecule has 194 valence electrons. The number of methoxy groups -OCH3 is 2. The van der Waals surface area contributed by atoms with E-state index in [1.54, 1.807) is 44.8 Å². The molecule has 0 saturated carbocycles. The highest BCUT2D eigenvalue weighted by molar-refractivity contribution is 9.10. The van der Waals surface area contributed by atoms with Crippen LogP contribution in [0.4, 0.5) is 0 Å². The fourth-order valence-corrected chi connectivity index (χ4v) is 6.01. The molecule has 7 nitrogen and oxygen atoms in total. The lowest BCUT2D eigenvalue weighted by Gasteiger charge is -2.25. The van der Waals surface area contributed by atoms with Crippen LogP contribution in [0.25, 0.3) is 6.08 Å². The van der Waals surface area contributed by atoms with Gasteiger partial charge in [0.2, 0.25) is 0 Å². The number of hydrogen-bond acceptors (Lipinski definition) is 7. The Balaban J connectivity index is 1.93. The van der Waals surface area contributed by atoms with Gasteiger partial charge in [0.15, 0.2) is 16.3 Å². The molecule has 0 bridgehead atoms. The van der Waals surface area contributed by atoms with E-state index in [0.717, 1.165) is 11.1 Å². The summed E-state index contributed by atoms with van der Waals surface area (Å²) >= 11 is 4.79. The third-order valence-corrected chi connectivity index (χ3v) is 7.76. The fraction of sp³-hybridized carbons (Fsp3) is 0.321. The molecule has 0 spiro atoms. The Hall–Kier alpha value is -3.17. The number of carbonyl (C=O) groups is 1. The number of ether oxygens (including phenoxy) is 3. The molecule has 0 radical (unpaired) electrons. The number of esters is 1. The lowest BCUT2D eigenvalue weighted by Crippen LogP contribution is -2.39. The summed E-state index contributed by atoms with van der Waals surface area (Å²) in [6.07, 6.45) is 1.79. The first-order valence-corrected chi connectivity index (χ1v) is 13.5. The molecule has 0 aliphatic carbocycles. The molecule has 1 atom stereocenters. The molecule has 0 unspecified atom stereocenters. The van der Waals surface area contributed by atoms with E-state index >= 15 is 0 Å². The van der Waals surface area contributed by atoms with Gasteiger partial charge in [-0.15, -0.1) is 0 Å². The van der Waals surface area contributed by atoms with Crippen molar-refractivity contribution in [1.82, 2.24) is 4.57 Å². The largest absolute Gasteiger partial charge is 0.493 e. The number of nitrogens with zero attached hydrogens (tertiary/aromatic N) is 2. The van der Waals surface area contributed by atoms with Gasteiger partial charge in [-0.05, 0) is 70.6 Å². The van der Waals surface area contributed by atoms with Gasteiger partial charge in [-0.1, -0.05) is 49.4 Å². The van der Waals surface area contributed by atoms with Gasteiger partial charge >= 0.3 is 5.97 Å². The van der Waals surface area contributed by atoms with Gasteiger partial charge in [-0.2, -0.15) is 0 Å². The Morgan fingerprint density at radius 2 is 1.89 bits per heavy atom. The Kier molecular flexibility index (Phi) is 8.04. The van der Waals surface area contributed by atoms with Crippen LogP contribution in [0, 0.1) is 0 Å². The maximum absolute atomic E-state index is 13.8. The molecule has 9 heteroatoms. The SMILES string of the molecule is CCOC(=O)C1=C(C)N=c2s/c(=C\c3cc(Br)c(OC)c(OC)c3)c(=O)n2[C@@H]1c1ccc(C(C)C)cc1. The predicted octanol–water partition coefficient (Wildman–Crippen LogP) is 4.70. The third kappa shape index (κ3) is 5.15. The van der Waals surface area contributed by atoms with E-state index in [-0.39, 0.29) is 12.2 Å². The maximum Gasteiger partial charge on any atom is 0.338 e.